The van der Waals surface area contributed by atoms with Gasteiger partial charge in [-0.05, 0) is 18.2 Å². The molecule has 9 nitrogen and oxygen atoms in total. The molecule has 28 heavy (non-hydrogen) atoms. The van der Waals surface area contributed by atoms with Crippen LogP contribution in [-0.4, -0.2) is 38.4 Å². The van der Waals surface area contributed by atoms with Crippen molar-refractivity contribution in [2.24, 2.45) is 0 Å². The van der Waals surface area contributed by atoms with Crippen LogP contribution in [-0.2, 0) is 17.0 Å². The minimum absolute atomic E-state index is 0.298. The second kappa shape index (κ2) is 5.88. The summed E-state index contributed by atoms with van der Waals surface area (Å²) >= 11 is 0. The molecule has 2 aliphatic heterocycles. The van der Waals surface area contributed by atoms with Crippen molar-refractivity contribution >= 4 is 22.8 Å². The minimum Gasteiger partial charge on any atom is -0.493 e. The van der Waals surface area contributed by atoms with Crippen LogP contribution in [0.15, 0.2) is 53.3 Å². The van der Waals surface area contributed by atoms with Gasteiger partial charge >= 0.3 is 6.03 Å². The molecule has 1 saturated heterocycles. The summed E-state index contributed by atoms with van der Waals surface area (Å²) in [7, 11) is 0. The summed E-state index contributed by atoms with van der Waals surface area (Å²) in [6.45, 7) is -0.0152. The van der Waals surface area contributed by atoms with Gasteiger partial charge in [0.1, 0.15) is 17.9 Å². The van der Waals surface area contributed by atoms with Gasteiger partial charge in [0.05, 0.1) is 12.0 Å². The van der Waals surface area contributed by atoms with Crippen molar-refractivity contribution in [3.63, 3.8) is 0 Å². The fourth-order valence-electron chi connectivity index (χ4n) is 3.75. The van der Waals surface area contributed by atoms with Crippen molar-refractivity contribution in [2.75, 3.05) is 6.61 Å². The van der Waals surface area contributed by atoms with Crippen LogP contribution in [0.4, 0.5) is 4.79 Å². The quantitative estimate of drug-likeness (QED) is 0.667. The summed E-state index contributed by atoms with van der Waals surface area (Å²) in [5.74, 6) is 0.127. The van der Waals surface area contributed by atoms with E-state index in [-0.39, 0.29) is 6.67 Å². The Kier molecular flexibility index (Phi) is 3.45. The molecule has 0 saturated carbocycles. The molecule has 3 heterocycles. The van der Waals surface area contributed by atoms with E-state index in [1.807, 2.05) is 0 Å². The van der Waals surface area contributed by atoms with Crippen LogP contribution in [0, 0.1) is 0 Å². The van der Waals surface area contributed by atoms with Crippen molar-refractivity contribution in [3.8, 4) is 5.75 Å². The largest absolute Gasteiger partial charge is 0.493 e. The van der Waals surface area contributed by atoms with E-state index in [1.165, 1.54) is 0 Å². The Bertz CT molecular complexity index is 1190. The Morgan fingerprint density at radius 1 is 1.07 bits per heavy atom. The summed E-state index contributed by atoms with van der Waals surface area (Å²) < 4.78 is 6.63. The maximum absolute atomic E-state index is 13.3. The number of para-hydroxylation sites is 1. The van der Waals surface area contributed by atoms with E-state index in [0.29, 0.717) is 35.2 Å². The first-order valence-corrected chi connectivity index (χ1v) is 8.79. The average Bonchev–Trinajstić information content (AvgIpc) is 2.95. The van der Waals surface area contributed by atoms with Crippen molar-refractivity contribution in [3.05, 3.63) is 64.4 Å². The predicted molar refractivity (Wildman–Crippen MR) is 97.4 cm³/mol. The number of benzene rings is 2. The highest BCUT2D eigenvalue weighted by molar-refractivity contribution is 6.07. The van der Waals surface area contributed by atoms with Gasteiger partial charge in [-0.15, -0.1) is 5.10 Å². The van der Waals surface area contributed by atoms with Crippen molar-refractivity contribution in [1.82, 2.24) is 25.2 Å². The lowest BCUT2D eigenvalue weighted by atomic mass is 9.84. The summed E-state index contributed by atoms with van der Waals surface area (Å²) in [6, 6.07) is 13.3. The van der Waals surface area contributed by atoms with E-state index in [2.05, 4.69) is 15.6 Å². The van der Waals surface area contributed by atoms with Crippen molar-refractivity contribution < 1.29 is 14.3 Å². The van der Waals surface area contributed by atoms with Crippen LogP contribution in [0.2, 0.25) is 0 Å². The number of aromatic nitrogens is 3. The Morgan fingerprint density at radius 3 is 2.75 bits per heavy atom. The monoisotopic (exact) mass is 377 g/mol. The van der Waals surface area contributed by atoms with E-state index >= 15 is 0 Å². The molecule has 0 radical (unpaired) electrons. The normalized spacial score (nSPS) is 20.9. The third-order valence-electron chi connectivity index (χ3n) is 5.16. The molecule has 1 spiro atoms. The molecule has 3 amide bonds. The molecule has 140 valence electrons. The number of nitrogens with one attached hydrogen (secondary N) is 1. The maximum atomic E-state index is 13.3. The van der Waals surface area contributed by atoms with Gasteiger partial charge in [0.25, 0.3) is 11.5 Å². The van der Waals surface area contributed by atoms with Gasteiger partial charge in [-0.1, -0.05) is 35.5 Å². The molecule has 1 fully saturated rings. The van der Waals surface area contributed by atoms with Crippen LogP contribution < -0.4 is 15.6 Å². The minimum atomic E-state index is -1.19. The molecular weight excluding hydrogens is 362 g/mol. The lowest BCUT2D eigenvalue weighted by Crippen LogP contribution is -2.47. The highest BCUT2D eigenvalue weighted by Gasteiger charge is 2.55. The topological polar surface area (TPSA) is 106 Å². The standard InChI is InChI=1S/C19H15N5O4/c25-16-12-5-1-3-7-14(12)21-22-24(16)11-23-17(26)19(20-18(23)27)9-10-28-15-8-4-2-6-13(15)19/h1-8H,9-11H2,(H,20,27)/t19-/m1/s1. The zero-order valence-corrected chi connectivity index (χ0v) is 14.7. The van der Waals surface area contributed by atoms with Crippen LogP contribution >= 0.6 is 0 Å². The molecule has 1 N–H and O–H groups in total. The molecule has 9 heteroatoms. The number of urea groups is 1. The van der Waals surface area contributed by atoms with Gasteiger partial charge in [0.15, 0.2) is 5.54 Å². The Balaban J connectivity index is 1.54. The molecule has 0 bridgehead atoms. The van der Waals surface area contributed by atoms with Crippen LogP contribution in [0.1, 0.15) is 12.0 Å². The van der Waals surface area contributed by atoms with Gasteiger partial charge in [-0.3, -0.25) is 9.59 Å². The molecular formula is C19H15N5O4. The third kappa shape index (κ3) is 2.22. The Morgan fingerprint density at radius 2 is 1.86 bits per heavy atom. The predicted octanol–water partition coefficient (Wildman–Crippen LogP) is 0.979. The fraction of sp³-hybridized carbons (Fsp3) is 0.211. The molecule has 1 aromatic heterocycles. The first-order valence-electron chi connectivity index (χ1n) is 8.79. The molecule has 1 atom stereocenters. The molecule has 0 unspecified atom stereocenters. The Hall–Kier alpha value is -3.75. The first kappa shape index (κ1) is 16.4. The molecule has 5 rings (SSSR count). The zero-order valence-electron chi connectivity index (χ0n) is 14.7. The smallest absolute Gasteiger partial charge is 0.326 e. The number of hydrogen-bond acceptors (Lipinski definition) is 6. The highest BCUT2D eigenvalue weighted by atomic mass is 16.5. The lowest BCUT2D eigenvalue weighted by Gasteiger charge is -2.33. The van der Waals surface area contributed by atoms with Crippen molar-refractivity contribution in [1.29, 1.82) is 0 Å². The number of carbonyl (C=O) groups is 2. The number of imide groups is 1. The van der Waals surface area contributed by atoms with Crippen molar-refractivity contribution in [2.45, 2.75) is 18.6 Å². The molecule has 2 aliphatic rings. The number of amides is 3. The lowest BCUT2D eigenvalue weighted by molar-refractivity contribution is -0.134. The number of fused-ring (bicyclic) bond motifs is 3. The summed E-state index contributed by atoms with van der Waals surface area (Å²) in [5.41, 5.74) is -0.547. The van der Waals surface area contributed by atoms with Gasteiger partial charge in [-0.25, -0.2) is 9.69 Å². The Labute approximate surface area is 158 Å². The number of ether oxygens (including phenoxy) is 1. The van der Waals surface area contributed by atoms with E-state index in [9.17, 15) is 14.4 Å². The number of nitrogens with zero attached hydrogens (tertiary/aromatic N) is 4. The van der Waals surface area contributed by atoms with Gasteiger partial charge < -0.3 is 10.1 Å². The van der Waals surface area contributed by atoms with Gasteiger partial charge in [0.2, 0.25) is 0 Å². The van der Waals surface area contributed by atoms with E-state index < -0.39 is 23.0 Å². The van der Waals surface area contributed by atoms with Crippen LogP contribution in [0.25, 0.3) is 10.9 Å². The van der Waals surface area contributed by atoms with Gasteiger partial charge in [-0.2, -0.15) is 4.68 Å². The number of hydrogen-bond donors (Lipinski definition) is 1. The average molecular weight is 377 g/mol. The SMILES string of the molecule is O=C1N[C@@]2(CCOc3ccccc32)C(=O)N1Cn1nnc2ccccc2c1=O. The third-order valence-corrected chi connectivity index (χ3v) is 5.16. The fourth-order valence-corrected chi connectivity index (χ4v) is 3.75. The summed E-state index contributed by atoms with van der Waals surface area (Å²) in [4.78, 5) is 39.6. The summed E-state index contributed by atoms with van der Waals surface area (Å²) in [5, 5.41) is 11.0. The van der Waals surface area contributed by atoms with E-state index in [0.717, 1.165) is 9.58 Å². The first-order chi connectivity index (χ1) is 13.6. The van der Waals surface area contributed by atoms with E-state index in [1.54, 1.807) is 48.5 Å². The maximum Gasteiger partial charge on any atom is 0.326 e. The second-order valence-electron chi connectivity index (χ2n) is 6.72. The molecule has 2 aromatic carbocycles. The number of rotatable bonds is 2. The highest BCUT2D eigenvalue weighted by Crippen LogP contribution is 2.40. The van der Waals surface area contributed by atoms with E-state index in [4.69, 9.17) is 4.74 Å². The summed E-state index contributed by atoms with van der Waals surface area (Å²) in [6.07, 6.45) is 0.309. The molecule has 3 aromatic rings. The molecule has 0 aliphatic carbocycles. The van der Waals surface area contributed by atoms with Crippen LogP contribution in [0.3, 0.4) is 0 Å². The second-order valence-corrected chi connectivity index (χ2v) is 6.72. The zero-order chi connectivity index (χ0) is 19.3. The number of carbonyl (C=O) groups excluding carboxylic acids is 2. The van der Waals surface area contributed by atoms with Crippen LogP contribution in [0.5, 0.6) is 5.75 Å². The van der Waals surface area contributed by atoms with Gasteiger partial charge in [0, 0.05) is 12.0 Å².